The molecule has 1 aromatic rings. The average Bonchev–Trinajstić information content (AvgIpc) is 2.72. The molecule has 0 N–H and O–H groups in total. The van der Waals surface area contributed by atoms with Crippen molar-refractivity contribution in [1.82, 2.24) is 0 Å². The summed E-state index contributed by atoms with van der Waals surface area (Å²) in [5.74, 6) is -1.56. The number of halogens is 3. The molecule has 7 heteroatoms. The van der Waals surface area contributed by atoms with Crippen LogP contribution >= 0.6 is 34.8 Å². The second-order valence-corrected chi connectivity index (χ2v) is 5.85. The third kappa shape index (κ3) is 2.76. The zero-order valence-electron chi connectivity index (χ0n) is 11.2. The molecule has 2 atom stereocenters. The van der Waals surface area contributed by atoms with E-state index in [1.165, 1.54) is 0 Å². The van der Waals surface area contributed by atoms with Crippen LogP contribution in [0.15, 0.2) is 29.3 Å². The summed E-state index contributed by atoms with van der Waals surface area (Å²) in [6.45, 7) is 1.91. The molecule has 0 spiro atoms. The van der Waals surface area contributed by atoms with Crippen LogP contribution in [-0.2, 0) is 19.1 Å². The first-order chi connectivity index (χ1) is 9.81. The second kappa shape index (κ2) is 5.87. The summed E-state index contributed by atoms with van der Waals surface area (Å²) < 4.78 is 9.90. The summed E-state index contributed by atoms with van der Waals surface area (Å²) in [6, 6.07) is 7.11. The number of alkyl halides is 2. The standard InChI is InChI=1S/C14H11Cl3O4/c1-7-3-5-8(6-4-7)10-9(15)12(18)14(17,21-10)11(16)13(19)20-2/h3-6,11H,1-2H3. The van der Waals surface area contributed by atoms with Gasteiger partial charge in [0.25, 0.3) is 5.06 Å². The molecule has 0 radical (unpaired) electrons. The highest BCUT2D eigenvalue weighted by Crippen LogP contribution is 2.44. The first kappa shape index (κ1) is 16.1. The van der Waals surface area contributed by atoms with E-state index in [-0.39, 0.29) is 10.8 Å². The maximum atomic E-state index is 12.2. The first-order valence-electron chi connectivity index (χ1n) is 5.92. The molecule has 2 unspecified atom stereocenters. The predicted octanol–water partition coefficient (Wildman–Crippen LogP) is 3.22. The number of carbonyl (C=O) groups is 2. The van der Waals surface area contributed by atoms with Gasteiger partial charge in [-0.05, 0) is 6.92 Å². The number of ether oxygens (including phenoxy) is 2. The molecule has 112 valence electrons. The number of hydrogen-bond donors (Lipinski definition) is 0. The number of esters is 1. The monoisotopic (exact) mass is 348 g/mol. The quantitative estimate of drug-likeness (QED) is 0.621. The van der Waals surface area contributed by atoms with Crippen molar-refractivity contribution in [3.05, 3.63) is 40.4 Å². The van der Waals surface area contributed by atoms with Crippen LogP contribution in [0.1, 0.15) is 11.1 Å². The molecule has 0 bridgehead atoms. The highest BCUT2D eigenvalue weighted by Gasteiger charge is 2.56. The molecule has 0 fully saturated rings. The SMILES string of the molecule is COC(=O)C(Cl)C1(Cl)OC(c2ccc(C)cc2)=C(Cl)C1=O. The number of methoxy groups -OCH3 is 1. The maximum absolute atomic E-state index is 12.2. The van der Waals surface area contributed by atoms with Crippen molar-refractivity contribution < 1.29 is 19.1 Å². The van der Waals surface area contributed by atoms with Gasteiger partial charge < -0.3 is 9.47 Å². The molecule has 2 rings (SSSR count). The largest absolute Gasteiger partial charge is 0.468 e. The van der Waals surface area contributed by atoms with E-state index in [1.807, 2.05) is 19.1 Å². The summed E-state index contributed by atoms with van der Waals surface area (Å²) in [4.78, 5) is 23.7. The van der Waals surface area contributed by atoms with Crippen molar-refractivity contribution in [3.63, 3.8) is 0 Å². The first-order valence-corrected chi connectivity index (χ1v) is 7.12. The molecule has 0 aliphatic carbocycles. The Morgan fingerprint density at radius 2 is 1.90 bits per heavy atom. The fraction of sp³-hybridized carbons (Fsp3) is 0.286. The number of hydrogen-bond acceptors (Lipinski definition) is 4. The van der Waals surface area contributed by atoms with Crippen molar-refractivity contribution in [2.45, 2.75) is 17.4 Å². The van der Waals surface area contributed by atoms with Crippen molar-refractivity contribution >= 4 is 52.3 Å². The average molecular weight is 350 g/mol. The van der Waals surface area contributed by atoms with Crippen LogP contribution in [0, 0.1) is 6.92 Å². The van der Waals surface area contributed by atoms with Crippen molar-refractivity contribution in [2.75, 3.05) is 7.11 Å². The van der Waals surface area contributed by atoms with Gasteiger partial charge in [0.05, 0.1) is 7.11 Å². The number of Topliss-reactive ketones (excluding diaryl/α,β-unsaturated/α-hetero) is 1. The Hall–Kier alpha value is -1.23. The van der Waals surface area contributed by atoms with Crippen LogP contribution in [0.5, 0.6) is 0 Å². The molecule has 0 amide bonds. The molecule has 4 nitrogen and oxygen atoms in total. The minimum atomic E-state index is -2.11. The fourth-order valence-electron chi connectivity index (χ4n) is 1.80. The maximum Gasteiger partial charge on any atom is 0.329 e. The Balaban J connectivity index is 2.37. The van der Waals surface area contributed by atoms with Crippen LogP contribution in [0.25, 0.3) is 5.76 Å². The van der Waals surface area contributed by atoms with E-state index < -0.39 is 22.2 Å². The van der Waals surface area contributed by atoms with Crippen LogP contribution in [0.4, 0.5) is 0 Å². The molecule has 1 aromatic carbocycles. The van der Waals surface area contributed by atoms with Gasteiger partial charge in [-0.25, -0.2) is 0 Å². The topological polar surface area (TPSA) is 52.6 Å². The number of benzene rings is 1. The van der Waals surface area contributed by atoms with Gasteiger partial charge in [0.15, 0.2) is 11.1 Å². The van der Waals surface area contributed by atoms with E-state index in [9.17, 15) is 9.59 Å². The van der Waals surface area contributed by atoms with E-state index in [0.717, 1.165) is 12.7 Å². The fourth-order valence-corrected chi connectivity index (χ4v) is 2.63. The predicted molar refractivity (Wildman–Crippen MR) is 80.3 cm³/mol. The van der Waals surface area contributed by atoms with Gasteiger partial charge in [0.1, 0.15) is 5.03 Å². The Morgan fingerprint density at radius 3 is 2.43 bits per heavy atom. The summed E-state index contributed by atoms with van der Waals surface area (Å²) in [6.07, 6.45) is 0. The van der Waals surface area contributed by atoms with E-state index in [0.29, 0.717) is 5.56 Å². The highest BCUT2D eigenvalue weighted by atomic mass is 35.5. The Labute approximate surface area is 136 Å². The third-order valence-corrected chi connectivity index (χ3v) is 4.41. The lowest BCUT2D eigenvalue weighted by molar-refractivity contribution is -0.145. The third-order valence-electron chi connectivity index (χ3n) is 3.01. The molecule has 1 aliphatic rings. The van der Waals surface area contributed by atoms with Crippen LogP contribution in [0.2, 0.25) is 0 Å². The van der Waals surface area contributed by atoms with Gasteiger partial charge in [-0.15, -0.1) is 11.6 Å². The summed E-state index contributed by atoms with van der Waals surface area (Å²) >= 11 is 18.0. The van der Waals surface area contributed by atoms with Crippen LogP contribution in [0.3, 0.4) is 0 Å². The number of aryl methyl sites for hydroxylation is 1. The zero-order valence-corrected chi connectivity index (χ0v) is 13.4. The molecule has 1 aliphatic heterocycles. The lowest BCUT2D eigenvalue weighted by Gasteiger charge is -2.24. The lowest BCUT2D eigenvalue weighted by Crippen LogP contribution is -2.45. The smallest absolute Gasteiger partial charge is 0.329 e. The minimum absolute atomic E-state index is 0.0891. The summed E-state index contributed by atoms with van der Waals surface area (Å²) in [5.41, 5.74) is 1.59. The lowest BCUT2D eigenvalue weighted by atomic mass is 10.1. The van der Waals surface area contributed by atoms with Crippen LogP contribution in [-0.4, -0.2) is 29.3 Å². The van der Waals surface area contributed by atoms with Gasteiger partial charge >= 0.3 is 5.97 Å². The normalized spacial score (nSPS) is 23.0. The summed E-state index contributed by atoms with van der Waals surface area (Å²) in [5, 5.41) is -3.83. The van der Waals surface area contributed by atoms with E-state index in [4.69, 9.17) is 39.5 Å². The molecule has 21 heavy (non-hydrogen) atoms. The minimum Gasteiger partial charge on any atom is -0.468 e. The molecule has 1 heterocycles. The number of ketones is 1. The molecule has 0 saturated heterocycles. The van der Waals surface area contributed by atoms with Gasteiger partial charge in [-0.1, -0.05) is 53.0 Å². The van der Waals surface area contributed by atoms with E-state index >= 15 is 0 Å². The molecule has 0 aromatic heterocycles. The highest BCUT2D eigenvalue weighted by molar-refractivity contribution is 6.56. The Kier molecular flexibility index (Phi) is 4.51. The number of carbonyl (C=O) groups excluding carboxylic acids is 2. The van der Waals surface area contributed by atoms with Crippen molar-refractivity contribution in [1.29, 1.82) is 0 Å². The van der Waals surface area contributed by atoms with E-state index in [1.54, 1.807) is 12.1 Å². The molecular formula is C14H11Cl3O4. The van der Waals surface area contributed by atoms with Gasteiger partial charge in [0, 0.05) is 5.56 Å². The van der Waals surface area contributed by atoms with Crippen LogP contribution < -0.4 is 0 Å². The molecule has 0 saturated carbocycles. The van der Waals surface area contributed by atoms with Gasteiger partial charge in [0.2, 0.25) is 5.78 Å². The van der Waals surface area contributed by atoms with Crippen molar-refractivity contribution in [2.24, 2.45) is 0 Å². The Morgan fingerprint density at radius 1 is 1.33 bits per heavy atom. The van der Waals surface area contributed by atoms with Gasteiger partial charge in [-0.2, -0.15) is 0 Å². The zero-order chi connectivity index (χ0) is 15.8. The van der Waals surface area contributed by atoms with Gasteiger partial charge in [-0.3, -0.25) is 9.59 Å². The second-order valence-electron chi connectivity index (χ2n) is 4.47. The molecular weight excluding hydrogens is 339 g/mol. The van der Waals surface area contributed by atoms with E-state index in [2.05, 4.69) is 4.74 Å². The summed E-state index contributed by atoms with van der Waals surface area (Å²) in [7, 11) is 1.13. The van der Waals surface area contributed by atoms with Crippen molar-refractivity contribution in [3.8, 4) is 0 Å². The Bertz CT molecular complexity index is 624. The number of rotatable bonds is 3.